The molecule has 6 nitrogen and oxygen atoms in total. The molecule has 24 heavy (non-hydrogen) atoms. The third-order valence-corrected chi connectivity index (χ3v) is 6.43. The van der Waals surface area contributed by atoms with Crippen LogP contribution in [0.1, 0.15) is 37.3 Å². The molecule has 1 amide bonds. The Balaban J connectivity index is 2.11. The van der Waals surface area contributed by atoms with Gasteiger partial charge in [-0.05, 0) is 30.5 Å². The van der Waals surface area contributed by atoms with Crippen LogP contribution >= 0.6 is 11.6 Å². The van der Waals surface area contributed by atoms with E-state index in [9.17, 15) is 27.5 Å². The van der Waals surface area contributed by atoms with Gasteiger partial charge < -0.3 is 10.4 Å². The standard InChI is InChI=1S/C15H17ClFNO5S/c16-11-6-5-9(7-12(11)17)14(15(20)21)18-13(19)8-24(22,23)10-3-1-2-4-10/h5-7,10,14H,1-4,8H2,(H,18,19)(H,20,21). The van der Waals surface area contributed by atoms with Gasteiger partial charge in [0, 0.05) is 0 Å². The van der Waals surface area contributed by atoms with Crippen molar-refractivity contribution in [2.75, 3.05) is 5.75 Å². The quantitative estimate of drug-likeness (QED) is 0.790. The first-order valence-electron chi connectivity index (χ1n) is 7.39. The number of hydrogen-bond donors (Lipinski definition) is 2. The molecule has 0 saturated heterocycles. The highest BCUT2D eigenvalue weighted by Gasteiger charge is 2.32. The number of carboxylic acid groups (broad SMARTS) is 1. The first-order chi connectivity index (χ1) is 11.2. The monoisotopic (exact) mass is 377 g/mol. The van der Waals surface area contributed by atoms with Gasteiger partial charge in [-0.2, -0.15) is 0 Å². The second-order valence-electron chi connectivity index (χ2n) is 5.73. The molecular weight excluding hydrogens is 361 g/mol. The number of halogens is 2. The van der Waals surface area contributed by atoms with Gasteiger partial charge in [-0.1, -0.05) is 30.5 Å². The lowest BCUT2D eigenvalue weighted by atomic mass is 10.1. The van der Waals surface area contributed by atoms with Gasteiger partial charge >= 0.3 is 5.97 Å². The Morgan fingerprint density at radius 2 is 1.96 bits per heavy atom. The van der Waals surface area contributed by atoms with Gasteiger partial charge in [-0.25, -0.2) is 17.6 Å². The molecule has 1 aliphatic rings. The molecule has 1 fully saturated rings. The van der Waals surface area contributed by atoms with E-state index in [4.69, 9.17) is 11.6 Å². The smallest absolute Gasteiger partial charge is 0.330 e. The predicted molar refractivity (Wildman–Crippen MR) is 86.0 cm³/mol. The van der Waals surface area contributed by atoms with E-state index in [1.807, 2.05) is 0 Å². The van der Waals surface area contributed by atoms with E-state index in [1.54, 1.807) is 0 Å². The van der Waals surface area contributed by atoms with Crippen molar-refractivity contribution in [3.63, 3.8) is 0 Å². The maximum atomic E-state index is 13.5. The third-order valence-electron chi connectivity index (χ3n) is 3.97. The molecule has 1 atom stereocenters. The van der Waals surface area contributed by atoms with Crippen LogP contribution in [-0.2, 0) is 19.4 Å². The van der Waals surface area contributed by atoms with Crippen molar-refractivity contribution in [1.29, 1.82) is 0 Å². The van der Waals surface area contributed by atoms with E-state index in [0.717, 1.165) is 18.9 Å². The molecule has 0 aromatic heterocycles. The van der Waals surface area contributed by atoms with Crippen LogP contribution < -0.4 is 5.32 Å². The molecule has 0 heterocycles. The van der Waals surface area contributed by atoms with Gasteiger partial charge in [-0.15, -0.1) is 0 Å². The SMILES string of the molecule is O=C(CS(=O)(=O)C1CCCC1)NC(C(=O)O)c1ccc(Cl)c(F)c1. The van der Waals surface area contributed by atoms with Crippen molar-refractivity contribution in [1.82, 2.24) is 5.32 Å². The molecule has 0 spiro atoms. The number of benzene rings is 1. The summed E-state index contributed by atoms with van der Waals surface area (Å²) in [7, 11) is -3.63. The number of rotatable bonds is 6. The van der Waals surface area contributed by atoms with E-state index >= 15 is 0 Å². The summed E-state index contributed by atoms with van der Waals surface area (Å²) >= 11 is 5.54. The first-order valence-corrected chi connectivity index (χ1v) is 9.49. The van der Waals surface area contributed by atoms with Gasteiger partial charge in [0.1, 0.15) is 11.6 Å². The summed E-state index contributed by atoms with van der Waals surface area (Å²) in [5.41, 5.74) is -0.0315. The molecule has 2 rings (SSSR count). The second-order valence-corrected chi connectivity index (χ2v) is 8.41. The highest BCUT2D eigenvalue weighted by atomic mass is 35.5. The molecule has 1 unspecified atom stereocenters. The number of sulfone groups is 1. The van der Waals surface area contributed by atoms with E-state index in [2.05, 4.69) is 5.32 Å². The van der Waals surface area contributed by atoms with Crippen LogP contribution in [-0.4, -0.2) is 36.4 Å². The summed E-state index contributed by atoms with van der Waals surface area (Å²) in [6.07, 6.45) is 2.63. The summed E-state index contributed by atoms with van der Waals surface area (Å²) < 4.78 is 37.8. The summed E-state index contributed by atoms with van der Waals surface area (Å²) in [6.45, 7) is 0. The Morgan fingerprint density at radius 3 is 2.50 bits per heavy atom. The zero-order valence-corrected chi connectivity index (χ0v) is 14.2. The topological polar surface area (TPSA) is 101 Å². The maximum Gasteiger partial charge on any atom is 0.330 e. The second kappa shape index (κ2) is 7.48. The van der Waals surface area contributed by atoms with Crippen LogP contribution in [0.15, 0.2) is 18.2 Å². The zero-order valence-electron chi connectivity index (χ0n) is 12.7. The Kier molecular flexibility index (Phi) is 5.82. The normalized spacial score (nSPS) is 16.8. The number of hydrogen-bond acceptors (Lipinski definition) is 4. The Hall–Kier alpha value is -1.67. The molecule has 2 N–H and O–H groups in total. The summed E-state index contributed by atoms with van der Waals surface area (Å²) in [4.78, 5) is 23.3. The Labute approximate surface area is 143 Å². The summed E-state index contributed by atoms with van der Waals surface area (Å²) in [6, 6.07) is 1.77. The Morgan fingerprint density at radius 1 is 1.33 bits per heavy atom. The zero-order chi connectivity index (χ0) is 17.9. The molecule has 1 aromatic rings. The summed E-state index contributed by atoms with van der Waals surface area (Å²) in [5, 5.41) is 10.6. The highest BCUT2D eigenvalue weighted by Crippen LogP contribution is 2.25. The number of carboxylic acids is 1. The van der Waals surface area contributed by atoms with E-state index in [-0.39, 0.29) is 10.6 Å². The van der Waals surface area contributed by atoms with Crippen LogP contribution in [0, 0.1) is 5.82 Å². The predicted octanol–water partition coefficient (Wildman–Crippen LogP) is 2.08. The minimum absolute atomic E-state index is 0.0315. The minimum Gasteiger partial charge on any atom is -0.479 e. The highest BCUT2D eigenvalue weighted by molar-refractivity contribution is 7.92. The number of aliphatic carboxylic acids is 1. The fourth-order valence-electron chi connectivity index (χ4n) is 2.73. The lowest BCUT2D eigenvalue weighted by molar-refractivity contribution is -0.141. The van der Waals surface area contributed by atoms with Crippen molar-refractivity contribution in [3.05, 3.63) is 34.6 Å². The molecule has 0 radical (unpaired) electrons. The van der Waals surface area contributed by atoms with Crippen molar-refractivity contribution < 1.29 is 27.5 Å². The number of carbonyl (C=O) groups excluding carboxylic acids is 1. The van der Waals surface area contributed by atoms with Gasteiger partial charge in [0.15, 0.2) is 15.9 Å². The van der Waals surface area contributed by atoms with E-state index in [0.29, 0.717) is 12.8 Å². The fraction of sp³-hybridized carbons (Fsp3) is 0.467. The molecule has 1 aromatic carbocycles. The molecule has 0 bridgehead atoms. The van der Waals surface area contributed by atoms with Gasteiger partial charge in [-0.3, -0.25) is 4.79 Å². The maximum absolute atomic E-state index is 13.5. The lowest BCUT2D eigenvalue weighted by Gasteiger charge is -2.16. The summed E-state index contributed by atoms with van der Waals surface area (Å²) in [5.74, 6) is -3.96. The minimum atomic E-state index is -3.63. The largest absolute Gasteiger partial charge is 0.479 e. The number of amides is 1. The van der Waals surface area contributed by atoms with Crippen LogP contribution in [0.4, 0.5) is 4.39 Å². The van der Waals surface area contributed by atoms with Crippen LogP contribution in [0.2, 0.25) is 5.02 Å². The average molecular weight is 378 g/mol. The van der Waals surface area contributed by atoms with Gasteiger partial charge in [0.25, 0.3) is 0 Å². The molecule has 1 saturated carbocycles. The number of carbonyl (C=O) groups is 2. The third kappa shape index (κ3) is 4.45. The van der Waals surface area contributed by atoms with Crippen LogP contribution in [0.3, 0.4) is 0 Å². The van der Waals surface area contributed by atoms with Crippen molar-refractivity contribution in [3.8, 4) is 0 Å². The van der Waals surface area contributed by atoms with Gasteiger partial charge in [0.05, 0.1) is 10.3 Å². The van der Waals surface area contributed by atoms with Gasteiger partial charge in [0.2, 0.25) is 5.91 Å². The molecule has 1 aliphatic carbocycles. The molecule has 132 valence electrons. The van der Waals surface area contributed by atoms with Crippen molar-refractivity contribution >= 4 is 33.3 Å². The van der Waals surface area contributed by atoms with Crippen LogP contribution in [0.5, 0.6) is 0 Å². The van der Waals surface area contributed by atoms with Crippen LogP contribution in [0.25, 0.3) is 0 Å². The molecule has 0 aliphatic heterocycles. The number of nitrogens with one attached hydrogen (secondary N) is 1. The first kappa shape index (κ1) is 18.7. The average Bonchev–Trinajstić information content (AvgIpc) is 3.02. The molecule has 9 heteroatoms. The molecular formula is C15H17ClFNO5S. The van der Waals surface area contributed by atoms with E-state index in [1.165, 1.54) is 12.1 Å². The van der Waals surface area contributed by atoms with E-state index < -0.39 is 44.6 Å². The van der Waals surface area contributed by atoms with Crippen molar-refractivity contribution in [2.45, 2.75) is 37.0 Å². The lowest BCUT2D eigenvalue weighted by Crippen LogP contribution is -2.39. The fourth-order valence-corrected chi connectivity index (χ4v) is 4.58. The Bertz CT molecular complexity index is 746. The van der Waals surface area contributed by atoms with Crippen molar-refractivity contribution in [2.24, 2.45) is 0 Å².